The summed E-state index contributed by atoms with van der Waals surface area (Å²) in [6.07, 6.45) is 0. The van der Waals surface area contributed by atoms with Gasteiger partial charge in [0.15, 0.2) is 0 Å². The van der Waals surface area contributed by atoms with E-state index < -0.39 is 29.6 Å². The highest BCUT2D eigenvalue weighted by Gasteiger charge is 2.42. The number of carbonyl (C=O) groups is 2. The van der Waals surface area contributed by atoms with Crippen molar-refractivity contribution in [2.45, 2.75) is 18.9 Å². The number of aromatic nitrogens is 2. The van der Waals surface area contributed by atoms with Crippen LogP contribution in [0.5, 0.6) is 0 Å². The highest BCUT2D eigenvalue weighted by Crippen LogP contribution is 2.40. The van der Waals surface area contributed by atoms with Gasteiger partial charge in [-0.15, -0.1) is 0 Å². The number of hydrogen-bond acceptors (Lipinski definition) is 3. The van der Waals surface area contributed by atoms with E-state index in [1.165, 1.54) is 12.1 Å². The zero-order chi connectivity index (χ0) is 23.8. The third-order valence-electron chi connectivity index (χ3n) is 5.88. The Morgan fingerprint density at radius 2 is 1.79 bits per heavy atom. The lowest BCUT2D eigenvalue weighted by molar-refractivity contribution is -0.118. The van der Waals surface area contributed by atoms with Crippen LogP contribution in [0.25, 0.3) is 5.69 Å². The molecule has 1 aliphatic heterocycles. The lowest BCUT2D eigenvalue weighted by Crippen LogP contribution is -2.50. The molecule has 3 aromatic carbocycles. The lowest BCUT2D eigenvalue weighted by atomic mass is 9.81. The fourth-order valence-corrected chi connectivity index (χ4v) is 4.46. The van der Waals surface area contributed by atoms with E-state index in [0.717, 1.165) is 11.3 Å². The van der Waals surface area contributed by atoms with E-state index in [0.29, 0.717) is 27.7 Å². The first-order valence-electron chi connectivity index (χ1n) is 10.7. The van der Waals surface area contributed by atoms with Gasteiger partial charge in [0.1, 0.15) is 17.7 Å². The van der Waals surface area contributed by atoms with Crippen LogP contribution in [-0.2, 0) is 4.79 Å². The smallest absolute Gasteiger partial charge is 0.251 e. The molecule has 5 rings (SSSR count). The molecule has 8 heteroatoms. The molecule has 170 valence electrons. The standard InChI is InChI=1S/C26H20ClFN4O2/c1-15-21-22(17-6-5-7-19(28)14-17)23(29-25(33)16-10-12-18(27)13-11-16)26(34)30-24(21)32(31-15)20-8-3-2-4-9-20/h2-14,22-23H,1H3,(H,29,33)(H,30,34)/t22-,23+/m1/s1. The molecule has 0 saturated carbocycles. The summed E-state index contributed by atoms with van der Waals surface area (Å²) in [6, 6.07) is 20.9. The van der Waals surface area contributed by atoms with Gasteiger partial charge in [-0.05, 0) is 61.0 Å². The maximum absolute atomic E-state index is 14.2. The van der Waals surface area contributed by atoms with Gasteiger partial charge in [0, 0.05) is 22.1 Å². The van der Waals surface area contributed by atoms with E-state index in [4.69, 9.17) is 11.6 Å². The summed E-state index contributed by atoms with van der Waals surface area (Å²) >= 11 is 5.94. The number of amides is 2. The van der Waals surface area contributed by atoms with Crippen LogP contribution in [0, 0.1) is 12.7 Å². The lowest BCUT2D eigenvalue weighted by Gasteiger charge is -2.32. The van der Waals surface area contributed by atoms with E-state index in [-0.39, 0.29) is 0 Å². The van der Waals surface area contributed by atoms with Gasteiger partial charge in [0.2, 0.25) is 5.91 Å². The first-order valence-corrected chi connectivity index (χ1v) is 11.1. The number of nitrogens with zero attached hydrogens (tertiary/aromatic N) is 2. The predicted molar refractivity (Wildman–Crippen MR) is 128 cm³/mol. The summed E-state index contributed by atoms with van der Waals surface area (Å²) in [5.41, 5.74) is 3.08. The van der Waals surface area contributed by atoms with Crippen LogP contribution in [-0.4, -0.2) is 27.6 Å². The summed E-state index contributed by atoms with van der Waals surface area (Å²) in [5, 5.41) is 10.9. The Morgan fingerprint density at radius 1 is 1.06 bits per heavy atom. The Balaban J connectivity index is 1.62. The molecule has 2 heterocycles. The Labute approximate surface area is 200 Å². The normalized spacial score (nSPS) is 17.1. The fourth-order valence-electron chi connectivity index (χ4n) is 4.33. The molecule has 6 nitrogen and oxygen atoms in total. The van der Waals surface area contributed by atoms with Gasteiger partial charge >= 0.3 is 0 Å². The number of carbonyl (C=O) groups excluding carboxylic acids is 2. The Hall–Kier alpha value is -3.97. The second kappa shape index (κ2) is 8.76. The van der Waals surface area contributed by atoms with Gasteiger partial charge < -0.3 is 10.6 Å². The molecule has 0 unspecified atom stereocenters. The number of aryl methyl sites for hydroxylation is 1. The van der Waals surface area contributed by atoms with Crippen LogP contribution < -0.4 is 10.6 Å². The first kappa shape index (κ1) is 21.9. The molecule has 2 atom stereocenters. The van der Waals surface area contributed by atoms with Crippen LogP contribution in [0.1, 0.15) is 33.1 Å². The molecule has 2 N–H and O–H groups in total. The van der Waals surface area contributed by atoms with E-state index in [1.807, 2.05) is 37.3 Å². The molecular weight excluding hydrogens is 455 g/mol. The zero-order valence-electron chi connectivity index (χ0n) is 18.1. The molecule has 0 aliphatic carbocycles. The number of fused-ring (bicyclic) bond motifs is 1. The summed E-state index contributed by atoms with van der Waals surface area (Å²) in [4.78, 5) is 26.4. The van der Waals surface area contributed by atoms with Crippen molar-refractivity contribution in [3.8, 4) is 5.69 Å². The highest BCUT2D eigenvalue weighted by molar-refractivity contribution is 6.30. The van der Waals surface area contributed by atoms with E-state index in [1.54, 1.807) is 41.1 Å². The Bertz CT molecular complexity index is 1390. The van der Waals surface area contributed by atoms with Crippen LogP contribution in [0.2, 0.25) is 5.02 Å². The van der Waals surface area contributed by atoms with Crippen LogP contribution in [0.4, 0.5) is 10.2 Å². The predicted octanol–water partition coefficient (Wildman–Crippen LogP) is 4.86. The molecule has 2 amide bonds. The second-order valence-corrected chi connectivity index (χ2v) is 8.51. The number of nitrogens with one attached hydrogen (secondary N) is 2. The number of halogens is 2. The van der Waals surface area contributed by atoms with E-state index in [2.05, 4.69) is 15.7 Å². The molecule has 34 heavy (non-hydrogen) atoms. The average molecular weight is 475 g/mol. The van der Waals surface area contributed by atoms with Crippen LogP contribution in [0.15, 0.2) is 78.9 Å². The first-order chi connectivity index (χ1) is 16.4. The molecule has 0 fully saturated rings. The number of para-hydroxylation sites is 1. The van der Waals surface area contributed by atoms with Crippen molar-refractivity contribution < 1.29 is 14.0 Å². The van der Waals surface area contributed by atoms with Crippen molar-refractivity contribution in [3.63, 3.8) is 0 Å². The third kappa shape index (κ3) is 3.95. The van der Waals surface area contributed by atoms with E-state index >= 15 is 0 Å². The third-order valence-corrected chi connectivity index (χ3v) is 6.13. The Kier molecular flexibility index (Phi) is 5.63. The van der Waals surface area contributed by atoms with Gasteiger partial charge in [0.25, 0.3) is 5.91 Å². The molecule has 0 saturated heterocycles. The molecular formula is C26H20ClFN4O2. The average Bonchev–Trinajstić information content (AvgIpc) is 3.16. The molecule has 0 spiro atoms. The van der Waals surface area contributed by atoms with Crippen molar-refractivity contribution in [1.29, 1.82) is 0 Å². The maximum Gasteiger partial charge on any atom is 0.251 e. The topological polar surface area (TPSA) is 76.0 Å². The van der Waals surface area contributed by atoms with Gasteiger partial charge in [-0.2, -0.15) is 5.10 Å². The minimum Gasteiger partial charge on any atom is -0.339 e. The fraction of sp³-hybridized carbons (Fsp3) is 0.115. The number of benzene rings is 3. The summed E-state index contributed by atoms with van der Waals surface area (Å²) < 4.78 is 15.9. The maximum atomic E-state index is 14.2. The van der Waals surface area contributed by atoms with Crippen LogP contribution in [0.3, 0.4) is 0 Å². The largest absolute Gasteiger partial charge is 0.339 e. The zero-order valence-corrected chi connectivity index (χ0v) is 18.9. The summed E-state index contributed by atoms with van der Waals surface area (Å²) in [7, 11) is 0. The monoisotopic (exact) mass is 474 g/mol. The summed E-state index contributed by atoms with van der Waals surface area (Å²) in [6.45, 7) is 1.83. The molecule has 1 aliphatic rings. The second-order valence-electron chi connectivity index (χ2n) is 8.07. The summed E-state index contributed by atoms with van der Waals surface area (Å²) in [5.74, 6) is -1.43. The minimum absolute atomic E-state index is 0.359. The van der Waals surface area contributed by atoms with Gasteiger partial charge in [-0.25, -0.2) is 9.07 Å². The van der Waals surface area contributed by atoms with Crippen molar-refractivity contribution in [2.75, 3.05) is 5.32 Å². The number of rotatable bonds is 4. The van der Waals surface area contributed by atoms with Crippen molar-refractivity contribution >= 4 is 29.2 Å². The van der Waals surface area contributed by atoms with Crippen molar-refractivity contribution in [3.05, 3.63) is 112 Å². The van der Waals surface area contributed by atoms with Crippen LogP contribution >= 0.6 is 11.6 Å². The number of anilines is 1. The van der Waals surface area contributed by atoms with Gasteiger partial charge in [-0.3, -0.25) is 9.59 Å². The van der Waals surface area contributed by atoms with Gasteiger partial charge in [-0.1, -0.05) is 41.9 Å². The SMILES string of the molecule is Cc1nn(-c2ccccc2)c2c1[C@@H](c1cccc(F)c1)[C@H](NC(=O)c1ccc(Cl)cc1)C(=O)N2. The number of hydrogen-bond donors (Lipinski definition) is 2. The highest BCUT2D eigenvalue weighted by atomic mass is 35.5. The quantitative estimate of drug-likeness (QED) is 0.443. The van der Waals surface area contributed by atoms with Crippen molar-refractivity contribution in [2.24, 2.45) is 0 Å². The van der Waals surface area contributed by atoms with Crippen molar-refractivity contribution in [1.82, 2.24) is 15.1 Å². The molecule has 0 bridgehead atoms. The van der Waals surface area contributed by atoms with E-state index in [9.17, 15) is 14.0 Å². The minimum atomic E-state index is -0.982. The van der Waals surface area contributed by atoms with Gasteiger partial charge in [0.05, 0.1) is 11.4 Å². The molecule has 1 aromatic heterocycles. The molecule has 0 radical (unpaired) electrons. The molecule has 4 aromatic rings. The Morgan fingerprint density at radius 3 is 2.50 bits per heavy atom.